The monoisotopic (exact) mass is 441 g/mol. The van der Waals surface area contributed by atoms with Crippen LogP contribution in [0.1, 0.15) is 23.0 Å². The molecule has 10 nitrogen and oxygen atoms in total. The summed E-state index contributed by atoms with van der Waals surface area (Å²) in [6, 6.07) is 9.51. The van der Waals surface area contributed by atoms with Crippen LogP contribution in [-0.4, -0.2) is 78.1 Å². The number of fused-ring (bicyclic) bond motifs is 1. The fourth-order valence-electron chi connectivity index (χ4n) is 4.19. The summed E-state index contributed by atoms with van der Waals surface area (Å²) >= 11 is 0. The maximum absolute atomic E-state index is 12.6. The van der Waals surface area contributed by atoms with Crippen LogP contribution in [0.3, 0.4) is 0 Å². The topological polar surface area (TPSA) is 120 Å². The first-order valence-electron chi connectivity index (χ1n) is 10.8. The molecule has 1 aliphatic rings. The molecule has 1 saturated heterocycles. The van der Waals surface area contributed by atoms with Gasteiger partial charge in [0.15, 0.2) is 0 Å². The van der Waals surface area contributed by atoms with Crippen molar-refractivity contribution in [3.8, 4) is 17.3 Å². The van der Waals surface area contributed by atoms with Gasteiger partial charge < -0.3 is 9.88 Å². The van der Waals surface area contributed by atoms with Gasteiger partial charge in [-0.15, -0.1) is 0 Å². The second-order valence-corrected chi connectivity index (χ2v) is 8.00. The van der Waals surface area contributed by atoms with Crippen molar-refractivity contribution in [1.29, 1.82) is 5.26 Å². The van der Waals surface area contributed by atoms with Crippen molar-refractivity contribution in [2.75, 3.05) is 32.7 Å². The zero-order chi connectivity index (χ0) is 22.6. The van der Waals surface area contributed by atoms with E-state index in [-0.39, 0.29) is 11.9 Å². The van der Waals surface area contributed by atoms with E-state index in [1.807, 2.05) is 34.1 Å². The highest BCUT2D eigenvalue weighted by Gasteiger charge is 2.25. The van der Waals surface area contributed by atoms with Crippen molar-refractivity contribution in [3.05, 3.63) is 61.1 Å². The smallest absolute Gasteiger partial charge is 0.272 e. The molecule has 4 aromatic heterocycles. The second-order valence-electron chi connectivity index (χ2n) is 8.00. The summed E-state index contributed by atoms with van der Waals surface area (Å²) in [6.45, 7) is 3.43. The van der Waals surface area contributed by atoms with E-state index in [2.05, 4.69) is 36.0 Å². The Morgan fingerprint density at radius 1 is 1.15 bits per heavy atom. The summed E-state index contributed by atoms with van der Waals surface area (Å²) in [6.07, 6.45) is 9.07. The van der Waals surface area contributed by atoms with E-state index in [9.17, 15) is 10.1 Å². The molecule has 0 spiro atoms. The van der Waals surface area contributed by atoms with Crippen LogP contribution < -0.4 is 0 Å². The summed E-state index contributed by atoms with van der Waals surface area (Å²) in [7, 11) is 0. The SMILES string of the molecule is N#CCC(CN1CCN(C(=O)c2ccccn2)CC1)n1cc(-c2ncnc3[nH]ccc23)cn1. The number of aromatic amines is 1. The number of carbonyl (C=O) groups is 1. The third-order valence-corrected chi connectivity index (χ3v) is 5.94. The highest BCUT2D eigenvalue weighted by atomic mass is 16.2. The number of hydrogen-bond donors (Lipinski definition) is 1. The number of aromatic nitrogens is 6. The molecule has 0 radical (unpaired) electrons. The molecule has 1 unspecified atom stereocenters. The Bertz CT molecular complexity index is 1280. The van der Waals surface area contributed by atoms with Crippen LogP contribution in [0.25, 0.3) is 22.3 Å². The Morgan fingerprint density at radius 2 is 2.03 bits per heavy atom. The average molecular weight is 441 g/mol. The fourth-order valence-corrected chi connectivity index (χ4v) is 4.19. The Hall–Kier alpha value is -4.10. The summed E-state index contributed by atoms with van der Waals surface area (Å²) in [5, 5.41) is 14.9. The maximum Gasteiger partial charge on any atom is 0.272 e. The largest absolute Gasteiger partial charge is 0.346 e. The predicted octanol–water partition coefficient (Wildman–Crippen LogP) is 2.13. The number of hydrogen-bond acceptors (Lipinski definition) is 7. The second kappa shape index (κ2) is 9.18. The van der Waals surface area contributed by atoms with Crippen molar-refractivity contribution in [2.24, 2.45) is 0 Å². The third-order valence-electron chi connectivity index (χ3n) is 5.94. The molecule has 1 fully saturated rings. The highest BCUT2D eigenvalue weighted by molar-refractivity contribution is 5.92. The van der Waals surface area contributed by atoms with Crippen LogP contribution >= 0.6 is 0 Å². The zero-order valence-corrected chi connectivity index (χ0v) is 18.0. The zero-order valence-electron chi connectivity index (χ0n) is 18.0. The lowest BCUT2D eigenvalue weighted by atomic mass is 10.1. The van der Waals surface area contributed by atoms with Gasteiger partial charge in [-0.25, -0.2) is 9.97 Å². The lowest BCUT2D eigenvalue weighted by Crippen LogP contribution is -2.50. The van der Waals surface area contributed by atoms with Crippen LogP contribution in [0.15, 0.2) is 55.4 Å². The first-order valence-corrected chi connectivity index (χ1v) is 10.8. The van der Waals surface area contributed by atoms with E-state index >= 15 is 0 Å². The number of H-pyrrole nitrogens is 1. The van der Waals surface area contributed by atoms with E-state index in [0.717, 1.165) is 35.4 Å². The predicted molar refractivity (Wildman–Crippen MR) is 121 cm³/mol. The maximum atomic E-state index is 12.6. The molecule has 0 aromatic carbocycles. The molecule has 1 atom stereocenters. The Labute approximate surface area is 190 Å². The van der Waals surface area contributed by atoms with Crippen molar-refractivity contribution in [3.63, 3.8) is 0 Å². The summed E-state index contributed by atoms with van der Waals surface area (Å²) in [5.74, 6) is -0.0403. The molecule has 1 N–H and O–H groups in total. The molecule has 33 heavy (non-hydrogen) atoms. The van der Waals surface area contributed by atoms with Gasteiger partial charge in [-0.05, 0) is 18.2 Å². The molecule has 5 heterocycles. The molecular formula is C23H23N9O. The van der Waals surface area contributed by atoms with E-state index < -0.39 is 0 Å². The number of nitrogens with one attached hydrogen (secondary N) is 1. The number of amides is 1. The minimum Gasteiger partial charge on any atom is -0.346 e. The van der Waals surface area contributed by atoms with Gasteiger partial charge >= 0.3 is 0 Å². The van der Waals surface area contributed by atoms with Crippen molar-refractivity contribution >= 4 is 16.9 Å². The van der Waals surface area contributed by atoms with Crippen LogP contribution in [-0.2, 0) is 0 Å². The molecule has 1 aliphatic heterocycles. The van der Waals surface area contributed by atoms with Crippen molar-refractivity contribution < 1.29 is 4.79 Å². The molecular weight excluding hydrogens is 418 g/mol. The fraction of sp³-hybridized carbons (Fsp3) is 0.304. The minimum atomic E-state index is -0.0923. The molecule has 1 amide bonds. The van der Waals surface area contributed by atoms with Crippen molar-refractivity contribution in [1.82, 2.24) is 39.5 Å². The first-order chi connectivity index (χ1) is 16.2. The quantitative estimate of drug-likeness (QED) is 0.487. The average Bonchev–Trinajstić information content (AvgIpc) is 3.54. The Morgan fingerprint density at radius 3 is 2.82 bits per heavy atom. The summed E-state index contributed by atoms with van der Waals surface area (Å²) < 4.78 is 1.85. The number of pyridine rings is 1. The number of nitrogens with zero attached hydrogens (tertiary/aromatic N) is 8. The van der Waals surface area contributed by atoms with E-state index in [0.29, 0.717) is 31.7 Å². The normalized spacial score (nSPS) is 15.4. The molecule has 0 saturated carbocycles. The van der Waals surface area contributed by atoms with Gasteiger partial charge in [-0.3, -0.25) is 19.4 Å². The Kier molecular flexibility index (Phi) is 5.78. The molecule has 5 rings (SSSR count). The molecule has 166 valence electrons. The first kappa shape index (κ1) is 20.8. The van der Waals surface area contributed by atoms with Gasteiger partial charge in [0.1, 0.15) is 17.7 Å². The van der Waals surface area contributed by atoms with Gasteiger partial charge in [-0.1, -0.05) is 6.07 Å². The van der Waals surface area contributed by atoms with E-state index in [1.165, 1.54) is 6.33 Å². The number of piperazine rings is 1. The lowest BCUT2D eigenvalue weighted by molar-refractivity contribution is 0.0611. The standard InChI is InChI=1S/C23H23N9O/c24-6-4-18(15-30-9-11-31(12-10-30)23(33)20-3-1-2-7-25-20)32-14-17(13-29-32)21-19-5-8-26-22(19)28-16-27-21/h1-3,5,7-8,13-14,16,18H,4,9-12,15H2,(H,26,27,28). The minimum absolute atomic E-state index is 0.0403. The van der Waals surface area contributed by atoms with Gasteiger partial charge in [0, 0.05) is 62.3 Å². The van der Waals surface area contributed by atoms with Crippen LogP contribution in [0, 0.1) is 11.3 Å². The third kappa shape index (κ3) is 4.31. The van der Waals surface area contributed by atoms with Crippen LogP contribution in [0.4, 0.5) is 0 Å². The summed E-state index contributed by atoms with van der Waals surface area (Å²) in [4.78, 5) is 32.7. The summed E-state index contributed by atoms with van der Waals surface area (Å²) in [5.41, 5.74) is 2.94. The van der Waals surface area contributed by atoms with Gasteiger partial charge in [0.05, 0.1) is 30.4 Å². The molecule has 10 heteroatoms. The van der Waals surface area contributed by atoms with E-state index in [4.69, 9.17) is 0 Å². The van der Waals surface area contributed by atoms with Gasteiger partial charge in [0.2, 0.25) is 0 Å². The number of rotatable bonds is 6. The van der Waals surface area contributed by atoms with Crippen molar-refractivity contribution in [2.45, 2.75) is 12.5 Å². The lowest BCUT2D eigenvalue weighted by Gasteiger charge is -2.36. The Balaban J connectivity index is 1.26. The van der Waals surface area contributed by atoms with Gasteiger partial charge in [0.25, 0.3) is 5.91 Å². The van der Waals surface area contributed by atoms with Gasteiger partial charge in [-0.2, -0.15) is 10.4 Å². The number of nitriles is 1. The van der Waals surface area contributed by atoms with E-state index in [1.54, 1.807) is 24.5 Å². The molecule has 0 bridgehead atoms. The van der Waals surface area contributed by atoms with Crippen LogP contribution in [0.5, 0.6) is 0 Å². The van der Waals surface area contributed by atoms with Crippen LogP contribution in [0.2, 0.25) is 0 Å². The molecule has 0 aliphatic carbocycles. The molecule has 4 aromatic rings. The number of carbonyl (C=O) groups excluding carboxylic acids is 1. The highest BCUT2D eigenvalue weighted by Crippen LogP contribution is 2.26.